The summed E-state index contributed by atoms with van der Waals surface area (Å²) >= 11 is 1.74. The molecule has 0 fully saturated rings. The molecule has 1 aromatic carbocycles. The van der Waals surface area contributed by atoms with Crippen molar-refractivity contribution < 1.29 is 10.1 Å². The first kappa shape index (κ1) is 17.7. The fraction of sp³-hybridized carbons (Fsp3) is 0.421. The Hall–Kier alpha value is -1.65. The van der Waals surface area contributed by atoms with E-state index < -0.39 is 0 Å². The maximum atomic E-state index is 12.3. The minimum Gasteiger partial charge on any atom is -0.349 e. The summed E-state index contributed by atoms with van der Waals surface area (Å²) in [6.45, 7) is 8.12. The van der Waals surface area contributed by atoms with Crippen LogP contribution in [-0.4, -0.2) is 18.0 Å². The predicted octanol–water partition coefficient (Wildman–Crippen LogP) is 2.88. The van der Waals surface area contributed by atoms with Gasteiger partial charge in [-0.05, 0) is 44.2 Å². The summed E-state index contributed by atoms with van der Waals surface area (Å²) in [5.74, 6) is 0.0896. The fourth-order valence-corrected chi connectivity index (χ4v) is 3.42. The number of thiophene rings is 1. The van der Waals surface area contributed by atoms with Gasteiger partial charge in [0.15, 0.2) is 6.04 Å². The van der Waals surface area contributed by atoms with Gasteiger partial charge in [0.2, 0.25) is 0 Å². The van der Waals surface area contributed by atoms with Crippen LogP contribution >= 0.6 is 11.3 Å². The van der Waals surface area contributed by atoms with Crippen LogP contribution in [0.25, 0.3) is 0 Å². The largest absolute Gasteiger partial charge is 0.349 e. The molecule has 124 valence electrons. The standard InChI is InChI=1S/C19H26N2OS/c1-5-15-8-10-16(11-9-15)18(17-7-6-12-23-17)21-14(4)19(22)20-13(2)3/h6-14,18,21H,5H2,1-4H3,(H,20,22)/p+1/t14-,18-/m0/s1. The monoisotopic (exact) mass is 331 g/mol. The molecule has 0 unspecified atom stereocenters. The molecule has 23 heavy (non-hydrogen) atoms. The van der Waals surface area contributed by atoms with Crippen molar-refractivity contribution in [1.29, 1.82) is 0 Å². The van der Waals surface area contributed by atoms with Gasteiger partial charge in [-0.25, -0.2) is 0 Å². The molecule has 0 saturated carbocycles. The second-order valence-electron chi connectivity index (χ2n) is 6.23. The van der Waals surface area contributed by atoms with Crippen molar-refractivity contribution in [3.8, 4) is 0 Å². The average Bonchev–Trinajstić information content (AvgIpc) is 3.06. The van der Waals surface area contributed by atoms with Gasteiger partial charge < -0.3 is 10.6 Å². The Morgan fingerprint density at radius 1 is 1.17 bits per heavy atom. The first-order valence-electron chi connectivity index (χ1n) is 8.28. The number of aryl methyl sites for hydroxylation is 1. The van der Waals surface area contributed by atoms with Crippen molar-refractivity contribution in [2.75, 3.05) is 0 Å². The van der Waals surface area contributed by atoms with Gasteiger partial charge in [-0.2, -0.15) is 0 Å². The minimum atomic E-state index is -0.129. The lowest BCUT2D eigenvalue weighted by atomic mass is 10.0. The smallest absolute Gasteiger partial charge is 0.278 e. The van der Waals surface area contributed by atoms with Crippen molar-refractivity contribution >= 4 is 17.2 Å². The molecule has 0 aliphatic carbocycles. The summed E-state index contributed by atoms with van der Waals surface area (Å²) in [6, 6.07) is 13.2. The van der Waals surface area contributed by atoms with Gasteiger partial charge in [0.05, 0.1) is 4.88 Å². The van der Waals surface area contributed by atoms with E-state index in [0.717, 1.165) is 6.42 Å². The molecule has 0 saturated heterocycles. The lowest BCUT2D eigenvalue weighted by Crippen LogP contribution is -2.92. The number of nitrogens with one attached hydrogen (secondary N) is 1. The van der Waals surface area contributed by atoms with Crippen LogP contribution in [-0.2, 0) is 11.2 Å². The highest BCUT2D eigenvalue weighted by atomic mass is 32.1. The van der Waals surface area contributed by atoms with E-state index in [4.69, 9.17) is 0 Å². The molecule has 3 N–H and O–H groups in total. The first-order valence-corrected chi connectivity index (χ1v) is 9.16. The first-order chi connectivity index (χ1) is 11.0. The molecule has 0 radical (unpaired) electrons. The molecule has 1 aromatic heterocycles. The van der Waals surface area contributed by atoms with E-state index in [0.29, 0.717) is 0 Å². The summed E-state index contributed by atoms with van der Waals surface area (Å²) in [5.41, 5.74) is 2.58. The number of carbonyl (C=O) groups excluding carboxylic acids is 1. The third-order valence-corrected chi connectivity index (χ3v) is 4.88. The van der Waals surface area contributed by atoms with Gasteiger partial charge in [-0.1, -0.05) is 37.3 Å². The molecule has 2 atom stereocenters. The number of hydrogen-bond acceptors (Lipinski definition) is 2. The molecule has 0 spiro atoms. The van der Waals surface area contributed by atoms with Gasteiger partial charge in [-0.3, -0.25) is 4.79 Å². The van der Waals surface area contributed by atoms with E-state index in [1.165, 1.54) is 16.0 Å². The van der Waals surface area contributed by atoms with Crippen LogP contribution in [0.4, 0.5) is 0 Å². The van der Waals surface area contributed by atoms with Crippen LogP contribution in [0.1, 0.15) is 49.7 Å². The zero-order chi connectivity index (χ0) is 16.8. The van der Waals surface area contributed by atoms with E-state index in [2.05, 4.69) is 59.3 Å². The molecule has 0 aliphatic rings. The van der Waals surface area contributed by atoms with E-state index in [-0.39, 0.29) is 24.0 Å². The quantitative estimate of drug-likeness (QED) is 0.805. The van der Waals surface area contributed by atoms with E-state index in [9.17, 15) is 4.79 Å². The lowest BCUT2D eigenvalue weighted by molar-refractivity contribution is -0.704. The Morgan fingerprint density at radius 3 is 2.39 bits per heavy atom. The average molecular weight is 332 g/mol. The fourth-order valence-electron chi connectivity index (χ4n) is 2.59. The lowest BCUT2D eigenvalue weighted by Gasteiger charge is -2.20. The molecular formula is C19H27N2OS+. The van der Waals surface area contributed by atoms with Crippen molar-refractivity contribution in [3.05, 3.63) is 57.8 Å². The van der Waals surface area contributed by atoms with Gasteiger partial charge in [0, 0.05) is 11.6 Å². The van der Waals surface area contributed by atoms with Crippen LogP contribution in [0.5, 0.6) is 0 Å². The number of amides is 1. The third-order valence-electron chi connectivity index (χ3n) is 3.92. The number of benzene rings is 1. The predicted molar refractivity (Wildman–Crippen MR) is 96.6 cm³/mol. The molecule has 4 heteroatoms. The van der Waals surface area contributed by atoms with Crippen LogP contribution in [0.3, 0.4) is 0 Å². The minimum absolute atomic E-state index is 0.0896. The summed E-state index contributed by atoms with van der Waals surface area (Å²) in [6.07, 6.45) is 1.04. The SMILES string of the molecule is CCc1ccc([C@H]([NH2+][C@@H](C)C(=O)NC(C)C)c2cccs2)cc1. The molecule has 2 rings (SSSR count). The van der Waals surface area contributed by atoms with Gasteiger partial charge in [-0.15, -0.1) is 11.3 Å². The molecule has 0 aliphatic heterocycles. The summed E-state index contributed by atoms with van der Waals surface area (Å²) < 4.78 is 0. The van der Waals surface area contributed by atoms with Crippen molar-refractivity contribution in [2.45, 2.75) is 52.2 Å². The Morgan fingerprint density at radius 2 is 1.87 bits per heavy atom. The van der Waals surface area contributed by atoms with Gasteiger partial charge >= 0.3 is 0 Å². The summed E-state index contributed by atoms with van der Waals surface area (Å²) in [4.78, 5) is 13.5. The Bertz CT molecular complexity index is 605. The Balaban J connectivity index is 2.19. The van der Waals surface area contributed by atoms with Crippen LogP contribution < -0.4 is 10.6 Å². The van der Waals surface area contributed by atoms with E-state index in [1.54, 1.807) is 11.3 Å². The molecule has 1 amide bonds. The Labute approximate surface area is 143 Å². The van der Waals surface area contributed by atoms with Crippen molar-refractivity contribution in [3.63, 3.8) is 0 Å². The van der Waals surface area contributed by atoms with Crippen LogP contribution in [0.15, 0.2) is 41.8 Å². The highest BCUT2D eigenvalue weighted by Gasteiger charge is 2.25. The normalized spacial score (nSPS) is 13.8. The number of quaternary nitrogens is 1. The maximum Gasteiger partial charge on any atom is 0.278 e. The Kier molecular flexibility index (Phi) is 6.37. The maximum absolute atomic E-state index is 12.3. The topological polar surface area (TPSA) is 45.7 Å². The second kappa shape index (κ2) is 8.27. The summed E-state index contributed by atoms with van der Waals surface area (Å²) in [7, 11) is 0. The number of carbonyl (C=O) groups is 1. The van der Waals surface area contributed by atoms with Crippen molar-refractivity contribution in [1.82, 2.24) is 5.32 Å². The molecule has 1 heterocycles. The highest BCUT2D eigenvalue weighted by molar-refractivity contribution is 7.10. The molecular weight excluding hydrogens is 304 g/mol. The van der Waals surface area contributed by atoms with Crippen LogP contribution in [0.2, 0.25) is 0 Å². The zero-order valence-corrected chi connectivity index (χ0v) is 15.2. The molecule has 3 nitrogen and oxygen atoms in total. The number of rotatable bonds is 7. The van der Waals surface area contributed by atoms with Crippen molar-refractivity contribution in [2.24, 2.45) is 0 Å². The van der Waals surface area contributed by atoms with E-state index in [1.807, 2.05) is 20.8 Å². The van der Waals surface area contributed by atoms with Crippen LogP contribution in [0, 0.1) is 0 Å². The second-order valence-corrected chi connectivity index (χ2v) is 7.21. The zero-order valence-electron chi connectivity index (χ0n) is 14.4. The number of hydrogen-bond donors (Lipinski definition) is 2. The van der Waals surface area contributed by atoms with Gasteiger partial charge in [0.25, 0.3) is 5.91 Å². The van der Waals surface area contributed by atoms with E-state index >= 15 is 0 Å². The third kappa shape index (κ3) is 4.91. The van der Waals surface area contributed by atoms with Gasteiger partial charge in [0.1, 0.15) is 6.04 Å². The molecule has 2 aromatic rings. The number of nitrogens with two attached hydrogens (primary N) is 1. The highest BCUT2D eigenvalue weighted by Crippen LogP contribution is 2.23. The molecule has 0 bridgehead atoms. The summed E-state index contributed by atoms with van der Waals surface area (Å²) in [5, 5.41) is 7.25.